The van der Waals surface area contributed by atoms with E-state index in [4.69, 9.17) is 14.2 Å². The fraction of sp³-hybridized carbons (Fsp3) is 0.318. The monoisotopic (exact) mass is 458 g/mol. The minimum absolute atomic E-state index is 0.0345. The van der Waals surface area contributed by atoms with Crippen molar-refractivity contribution in [3.8, 4) is 17.2 Å². The lowest BCUT2D eigenvalue weighted by Crippen LogP contribution is -2.07. The molecule has 0 unspecified atom stereocenters. The molecule has 3 aromatic rings. The third-order valence-electron chi connectivity index (χ3n) is 4.83. The lowest BCUT2D eigenvalue weighted by molar-refractivity contribution is -0.142. The van der Waals surface area contributed by atoms with E-state index in [1.807, 2.05) is 48.1 Å². The van der Waals surface area contributed by atoms with E-state index in [1.54, 1.807) is 6.92 Å². The number of nitrogens with zero attached hydrogens (tertiary/aromatic N) is 2. The minimum atomic E-state index is -0.295. The van der Waals surface area contributed by atoms with E-state index in [1.165, 1.54) is 23.1 Å². The van der Waals surface area contributed by atoms with Gasteiger partial charge < -0.3 is 18.8 Å². The fourth-order valence-electron chi connectivity index (χ4n) is 3.47. The summed E-state index contributed by atoms with van der Waals surface area (Å²) in [6.07, 6.45) is 0.148. The number of aromatic nitrogens is 2. The van der Waals surface area contributed by atoms with Gasteiger partial charge in [0.25, 0.3) is 0 Å². The van der Waals surface area contributed by atoms with E-state index in [-0.39, 0.29) is 30.7 Å². The zero-order valence-corrected chi connectivity index (χ0v) is 19.1. The number of thioether (sulfide) groups is 1. The molecule has 0 fully saturated rings. The molecule has 0 aliphatic carbocycles. The van der Waals surface area contributed by atoms with Crippen LogP contribution in [-0.2, 0) is 16.0 Å². The van der Waals surface area contributed by atoms with Gasteiger partial charge in [-0.15, -0.1) is 11.3 Å². The first-order chi connectivity index (χ1) is 15.0. The molecule has 1 aliphatic heterocycles. The molecule has 1 aromatic carbocycles. The smallest absolute Gasteiger partial charge is 0.311 e. The van der Waals surface area contributed by atoms with Crippen LogP contribution in [0.25, 0.3) is 5.69 Å². The van der Waals surface area contributed by atoms with Gasteiger partial charge in [0.2, 0.25) is 6.79 Å². The molecule has 7 nitrogen and oxygen atoms in total. The van der Waals surface area contributed by atoms with Crippen molar-refractivity contribution < 1.29 is 23.8 Å². The lowest BCUT2D eigenvalue weighted by Gasteiger charge is -2.10. The van der Waals surface area contributed by atoms with Crippen molar-refractivity contribution in [3.05, 3.63) is 52.3 Å². The Morgan fingerprint density at radius 1 is 1.23 bits per heavy atom. The summed E-state index contributed by atoms with van der Waals surface area (Å²) in [7, 11) is 0. The molecule has 2 aromatic heterocycles. The molecule has 3 heterocycles. The topological polar surface area (TPSA) is 79.7 Å². The summed E-state index contributed by atoms with van der Waals surface area (Å²) >= 11 is 2.81. The maximum atomic E-state index is 12.9. The Balaban J connectivity index is 1.45. The van der Waals surface area contributed by atoms with Crippen LogP contribution in [-0.4, -0.2) is 40.5 Å². The van der Waals surface area contributed by atoms with E-state index in [2.05, 4.69) is 4.98 Å². The number of hydrogen-bond acceptors (Lipinski definition) is 8. The highest BCUT2D eigenvalue weighted by molar-refractivity contribution is 8.01. The zero-order valence-electron chi connectivity index (χ0n) is 17.5. The van der Waals surface area contributed by atoms with E-state index in [0.29, 0.717) is 23.6 Å². The number of Topliss-reactive ketones (excluding diaryl/α,β-unsaturated/α-hetero) is 1. The third-order valence-corrected chi connectivity index (χ3v) is 6.90. The van der Waals surface area contributed by atoms with Gasteiger partial charge in [0.15, 0.2) is 21.6 Å². The molecule has 0 spiro atoms. The Hall–Kier alpha value is -2.78. The van der Waals surface area contributed by atoms with Crippen LogP contribution in [0.15, 0.2) is 34.0 Å². The summed E-state index contributed by atoms with van der Waals surface area (Å²) in [5, 5.41) is 1.83. The lowest BCUT2D eigenvalue weighted by atomic mass is 10.2. The number of ketones is 1. The van der Waals surface area contributed by atoms with E-state index in [9.17, 15) is 9.59 Å². The summed E-state index contributed by atoms with van der Waals surface area (Å²) in [6.45, 7) is 6.26. The van der Waals surface area contributed by atoms with Crippen molar-refractivity contribution in [2.24, 2.45) is 0 Å². The standard InChI is InChI=1S/C22H22N2O5S2/c1-4-27-21(26)8-15-10-30-22(23-15)31-11-18(25)17-7-13(2)24(14(17)3)16-5-6-19-20(9-16)29-12-28-19/h5-7,9-10H,4,8,11-12H2,1-3H3. The average Bonchev–Trinajstić information content (AvgIpc) is 3.45. The molecule has 0 atom stereocenters. The number of thiazole rings is 1. The Labute approximate surface area is 188 Å². The summed E-state index contributed by atoms with van der Waals surface area (Å²) in [6, 6.07) is 7.67. The Kier molecular flexibility index (Phi) is 6.33. The van der Waals surface area contributed by atoms with Gasteiger partial charge in [0.1, 0.15) is 0 Å². The Morgan fingerprint density at radius 3 is 2.84 bits per heavy atom. The zero-order chi connectivity index (χ0) is 22.0. The van der Waals surface area contributed by atoms with Crippen LogP contribution >= 0.6 is 23.1 Å². The SMILES string of the molecule is CCOC(=O)Cc1csc(SCC(=O)c2cc(C)n(-c3ccc4c(c3)OCO4)c2C)n1. The van der Waals surface area contributed by atoms with Gasteiger partial charge in [-0.2, -0.15) is 0 Å². The number of carbonyl (C=O) groups is 2. The van der Waals surface area contributed by atoms with Crippen molar-refractivity contribution in [2.75, 3.05) is 19.2 Å². The van der Waals surface area contributed by atoms with Crippen molar-refractivity contribution >= 4 is 34.9 Å². The highest BCUT2D eigenvalue weighted by atomic mass is 32.2. The van der Waals surface area contributed by atoms with Crippen molar-refractivity contribution in [2.45, 2.75) is 31.5 Å². The van der Waals surface area contributed by atoms with E-state index >= 15 is 0 Å². The molecule has 0 N–H and O–H groups in total. The number of fused-ring (bicyclic) bond motifs is 1. The number of hydrogen-bond donors (Lipinski definition) is 0. The summed E-state index contributed by atoms with van der Waals surface area (Å²) < 4.78 is 18.6. The number of carbonyl (C=O) groups excluding carboxylic acids is 2. The van der Waals surface area contributed by atoms with Crippen LogP contribution in [0.5, 0.6) is 11.5 Å². The second-order valence-electron chi connectivity index (χ2n) is 6.96. The molecule has 0 bridgehead atoms. The summed E-state index contributed by atoms with van der Waals surface area (Å²) in [5.74, 6) is 1.45. The van der Waals surface area contributed by atoms with Crippen LogP contribution in [0.4, 0.5) is 0 Å². The van der Waals surface area contributed by atoms with Gasteiger partial charge in [-0.1, -0.05) is 11.8 Å². The molecular weight excluding hydrogens is 436 g/mol. The number of aryl methyl sites for hydroxylation is 1. The molecule has 0 amide bonds. The molecule has 1 aliphatic rings. The van der Waals surface area contributed by atoms with Crippen LogP contribution in [0.2, 0.25) is 0 Å². The Bertz CT molecular complexity index is 1140. The van der Waals surface area contributed by atoms with Gasteiger partial charge >= 0.3 is 5.97 Å². The molecule has 0 saturated carbocycles. The Morgan fingerprint density at radius 2 is 2.03 bits per heavy atom. The van der Waals surface area contributed by atoms with Gasteiger partial charge in [-0.3, -0.25) is 9.59 Å². The van der Waals surface area contributed by atoms with Gasteiger partial charge in [0, 0.05) is 34.1 Å². The second-order valence-corrected chi connectivity index (χ2v) is 9.04. The maximum absolute atomic E-state index is 12.9. The first kappa shape index (κ1) is 21.5. The average molecular weight is 459 g/mol. The summed E-state index contributed by atoms with van der Waals surface area (Å²) in [4.78, 5) is 28.9. The van der Waals surface area contributed by atoms with Crippen LogP contribution in [0, 0.1) is 13.8 Å². The molecule has 9 heteroatoms. The van der Waals surface area contributed by atoms with Crippen LogP contribution < -0.4 is 9.47 Å². The van der Waals surface area contributed by atoms with Crippen LogP contribution in [0.1, 0.15) is 34.4 Å². The molecule has 162 valence electrons. The van der Waals surface area contributed by atoms with Crippen molar-refractivity contribution in [1.82, 2.24) is 9.55 Å². The molecule has 0 radical (unpaired) electrons. The maximum Gasteiger partial charge on any atom is 0.311 e. The molecular formula is C22H22N2O5S2. The first-order valence-electron chi connectivity index (χ1n) is 9.81. The largest absolute Gasteiger partial charge is 0.466 e. The number of benzene rings is 1. The predicted molar refractivity (Wildman–Crippen MR) is 119 cm³/mol. The quantitative estimate of drug-likeness (QED) is 0.282. The minimum Gasteiger partial charge on any atom is -0.466 e. The van der Waals surface area contributed by atoms with Crippen molar-refractivity contribution in [1.29, 1.82) is 0 Å². The normalized spacial score (nSPS) is 12.2. The van der Waals surface area contributed by atoms with Gasteiger partial charge in [-0.25, -0.2) is 4.98 Å². The molecule has 4 rings (SSSR count). The number of rotatable bonds is 8. The second kappa shape index (κ2) is 9.15. The number of esters is 1. The third kappa shape index (κ3) is 4.62. The van der Waals surface area contributed by atoms with Gasteiger partial charge in [-0.05, 0) is 39.0 Å². The highest BCUT2D eigenvalue weighted by Gasteiger charge is 2.20. The number of ether oxygens (including phenoxy) is 3. The van der Waals surface area contributed by atoms with Gasteiger partial charge in [0.05, 0.1) is 24.5 Å². The molecule has 31 heavy (non-hydrogen) atoms. The van der Waals surface area contributed by atoms with Crippen molar-refractivity contribution in [3.63, 3.8) is 0 Å². The first-order valence-corrected chi connectivity index (χ1v) is 11.7. The predicted octanol–water partition coefficient (Wildman–Crippen LogP) is 4.36. The van der Waals surface area contributed by atoms with Crippen LogP contribution in [0.3, 0.4) is 0 Å². The highest BCUT2D eigenvalue weighted by Crippen LogP contribution is 2.35. The van der Waals surface area contributed by atoms with E-state index in [0.717, 1.165) is 27.2 Å². The fourth-order valence-corrected chi connectivity index (χ4v) is 5.20. The molecule has 0 saturated heterocycles. The van der Waals surface area contributed by atoms with E-state index < -0.39 is 0 Å². The summed E-state index contributed by atoms with van der Waals surface area (Å²) in [5.41, 5.74) is 4.12.